The molecule has 0 heterocycles. The Kier molecular flexibility index (Phi) is 7.90. The fourth-order valence-electron chi connectivity index (χ4n) is 2.83. The molecule has 0 unspecified atom stereocenters. The van der Waals surface area contributed by atoms with Crippen LogP contribution in [-0.2, 0) is 11.4 Å². The summed E-state index contributed by atoms with van der Waals surface area (Å²) in [5.41, 5.74) is 2.00. The van der Waals surface area contributed by atoms with Crippen LogP contribution >= 0.6 is 15.9 Å². The predicted molar refractivity (Wildman–Crippen MR) is 126 cm³/mol. The molecular formula is C25H21BrN2O4. The Labute approximate surface area is 194 Å². The highest BCUT2D eigenvalue weighted by molar-refractivity contribution is 9.10. The molecule has 7 heteroatoms. The second-order valence-corrected chi connectivity index (χ2v) is 7.55. The number of aromatic hydroxyl groups is 1. The van der Waals surface area contributed by atoms with Crippen LogP contribution < -0.4 is 14.8 Å². The van der Waals surface area contributed by atoms with Crippen LogP contribution in [0.25, 0.3) is 6.08 Å². The fourth-order valence-corrected chi connectivity index (χ4v) is 3.26. The number of rotatable bonds is 8. The Hall–Kier alpha value is -3.76. The molecule has 0 aliphatic carbocycles. The number of hydrogen-bond donors (Lipinski definition) is 2. The van der Waals surface area contributed by atoms with Crippen LogP contribution in [-0.4, -0.2) is 17.6 Å². The third-order valence-electron chi connectivity index (χ3n) is 4.39. The van der Waals surface area contributed by atoms with Gasteiger partial charge in [-0.2, -0.15) is 5.26 Å². The minimum atomic E-state index is -0.563. The van der Waals surface area contributed by atoms with Crippen LogP contribution in [0.5, 0.6) is 17.2 Å². The van der Waals surface area contributed by atoms with E-state index in [9.17, 15) is 15.2 Å². The molecule has 3 rings (SSSR count). The lowest BCUT2D eigenvalue weighted by atomic mass is 10.1. The summed E-state index contributed by atoms with van der Waals surface area (Å²) in [6.07, 6.45) is 1.48. The Balaban J connectivity index is 1.84. The lowest BCUT2D eigenvalue weighted by Crippen LogP contribution is -2.13. The molecule has 1 amide bonds. The highest BCUT2D eigenvalue weighted by Crippen LogP contribution is 2.35. The SMILES string of the molecule is CCOc1cc(/C=C(\C#N)C(=O)Nc2ccc(O)cc2)c(Br)cc1OCc1ccccc1. The normalized spacial score (nSPS) is 10.8. The summed E-state index contributed by atoms with van der Waals surface area (Å²) in [7, 11) is 0. The number of carbonyl (C=O) groups excluding carboxylic acids is 1. The van der Waals surface area contributed by atoms with Gasteiger partial charge in [0, 0.05) is 10.2 Å². The zero-order valence-corrected chi connectivity index (χ0v) is 18.9. The number of phenols is 1. The summed E-state index contributed by atoms with van der Waals surface area (Å²) >= 11 is 3.49. The molecule has 0 saturated carbocycles. The van der Waals surface area contributed by atoms with Crippen molar-refractivity contribution in [2.45, 2.75) is 13.5 Å². The van der Waals surface area contributed by atoms with Crippen molar-refractivity contribution in [3.8, 4) is 23.3 Å². The number of carbonyl (C=O) groups is 1. The van der Waals surface area contributed by atoms with Gasteiger partial charge in [0.15, 0.2) is 11.5 Å². The molecule has 6 nitrogen and oxygen atoms in total. The molecular weight excluding hydrogens is 472 g/mol. The van der Waals surface area contributed by atoms with E-state index in [-0.39, 0.29) is 11.3 Å². The lowest BCUT2D eigenvalue weighted by molar-refractivity contribution is -0.112. The Morgan fingerprint density at radius 3 is 2.44 bits per heavy atom. The number of halogens is 1. The van der Waals surface area contributed by atoms with E-state index < -0.39 is 5.91 Å². The predicted octanol–water partition coefficient (Wildman–Crippen LogP) is 5.68. The van der Waals surface area contributed by atoms with Gasteiger partial charge in [0.25, 0.3) is 5.91 Å². The van der Waals surface area contributed by atoms with Crippen LogP contribution in [0.2, 0.25) is 0 Å². The first-order chi connectivity index (χ1) is 15.5. The largest absolute Gasteiger partial charge is 0.508 e. The second kappa shape index (κ2) is 11.0. The highest BCUT2D eigenvalue weighted by atomic mass is 79.9. The van der Waals surface area contributed by atoms with E-state index in [1.54, 1.807) is 24.3 Å². The van der Waals surface area contributed by atoms with Crippen molar-refractivity contribution in [1.82, 2.24) is 0 Å². The summed E-state index contributed by atoms with van der Waals surface area (Å²) in [5.74, 6) is 0.578. The maximum absolute atomic E-state index is 12.5. The molecule has 32 heavy (non-hydrogen) atoms. The molecule has 2 N–H and O–H groups in total. The van der Waals surface area contributed by atoms with Crippen LogP contribution in [0.15, 0.2) is 76.8 Å². The number of amides is 1. The maximum Gasteiger partial charge on any atom is 0.266 e. The third kappa shape index (κ3) is 6.13. The van der Waals surface area contributed by atoms with Gasteiger partial charge in [-0.05, 0) is 60.5 Å². The van der Waals surface area contributed by atoms with Crippen molar-refractivity contribution in [1.29, 1.82) is 5.26 Å². The number of phenolic OH excluding ortho intramolecular Hbond substituents is 1. The van der Waals surface area contributed by atoms with Gasteiger partial charge >= 0.3 is 0 Å². The first-order valence-corrected chi connectivity index (χ1v) is 10.6. The van der Waals surface area contributed by atoms with Gasteiger partial charge in [-0.1, -0.05) is 46.3 Å². The van der Waals surface area contributed by atoms with E-state index in [1.807, 2.05) is 43.3 Å². The van der Waals surface area contributed by atoms with E-state index in [0.717, 1.165) is 5.56 Å². The van der Waals surface area contributed by atoms with Gasteiger partial charge in [0.1, 0.15) is 24.0 Å². The van der Waals surface area contributed by atoms with Crippen molar-refractivity contribution in [2.24, 2.45) is 0 Å². The molecule has 0 atom stereocenters. The molecule has 162 valence electrons. The fraction of sp³-hybridized carbons (Fsp3) is 0.120. The Morgan fingerprint density at radius 2 is 1.78 bits per heavy atom. The zero-order valence-electron chi connectivity index (χ0n) is 17.3. The molecule has 0 fully saturated rings. The average Bonchev–Trinajstić information content (AvgIpc) is 2.80. The number of benzene rings is 3. The van der Waals surface area contributed by atoms with E-state index in [0.29, 0.717) is 40.4 Å². The number of anilines is 1. The molecule has 0 saturated heterocycles. The quantitative estimate of drug-likeness (QED) is 0.240. The zero-order chi connectivity index (χ0) is 22.9. The first kappa shape index (κ1) is 22.9. The average molecular weight is 493 g/mol. The van der Waals surface area contributed by atoms with E-state index in [1.165, 1.54) is 18.2 Å². The molecule has 0 spiro atoms. The van der Waals surface area contributed by atoms with Crippen LogP contribution in [0, 0.1) is 11.3 Å². The van der Waals surface area contributed by atoms with Gasteiger partial charge in [-0.25, -0.2) is 0 Å². The van der Waals surface area contributed by atoms with E-state index in [2.05, 4.69) is 21.2 Å². The summed E-state index contributed by atoms with van der Waals surface area (Å²) < 4.78 is 12.3. The smallest absolute Gasteiger partial charge is 0.266 e. The second-order valence-electron chi connectivity index (χ2n) is 6.70. The van der Waals surface area contributed by atoms with Gasteiger partial charge in [-0.15, -0.1) is 0 Å². The number of nitrogens with one attached hydrogen (secondary N) is 1. The highest BCUT2D eigenvalue weighted by Gasteiger charge is 2.14. The van der Waals surface area contributed by atoms with Crippen molar-refractivity contribution in [3.63, 3.8) is 0 Å². The maximum atomic E-state index is 12.5. The molecule has 0 bridgehead atoms. The number of ether oxygens (including phenoxy) is 2. The molecule has 0 aromatic heterocycles. The van der Waals surface area contributed by atoms with Crippen molar-refractivity contribution < 1.29 is 19.4 Å². The topological polar surface area (TPSA) is 91.6 Å². The van der Waals surface area contributed by atoms with Gasteiger partial charge < -0.3 is 19.9 Å². The number of hydrogen-bond acceptors (Lipinski definition) is 5. The molecule has 0 radical (unpaired) electrons. The Bertz CT molecular complexity index is 1150. The monoisotopic (exact) mass is 492 g/mol. The molecule has 3 aromatic carbocycles. The van der Waals surface area contributed by atoms with Crippen molar-refractivity contribution in [3.05, 3.63) is 87.9 Å². The summed E-state index contributed by atoms with van der Waals surface area (Å²) in [4.78, 5) is 12.5. The summed E-state index contributed by atoms with van der Waals surface area (Å²) in [5, 5.41) is 21.5. The van der Waals surface area contributed by atoms with Gasteiger partial charge in [0.2, 0.25) is 0 Å². The first-order valence-electron chi connectivity index (χ1n) is 9.85. The van der Waals surface area contributed by atoms with Crippen molar-refractivity contribution in [2.75, 3.05) is 11.9 Å². The van der Waals surface area contributed by atoms with E-state index in [4.69, 9.17) is 9.47 Å². The Morgan fingerprint density at radius 1 is 1.09 bits per heavy atom. The lowest BCUT2D eigenvalue weighted by Gasteiger charge is -2.14. The van der Waals surface area contributed by atoms with Gasteiger partial charge in [-0.3, -0.25) is 4.79 Å². The van der Waals surface area contributed by atoms with Crippen LogP contribution in [0.3, 0.4) is 0 Å². The van der Waals surface area contributed by atoms with Gasteiger partial charge in [0.05, 0.1) is 6.61 Å². The minimum absolute atomic E-state index is 0.0841. The molecule has 0 aliphatic rings. The third-order valence-corrected chi connectivity index (χ3v) is 5.08. The molecule has 3 aromatic rings. The van der Waals surface area contributed by atoms with Crippen LogP contribution in [0.1, 0.15) is 18.1 Å². The summed E-state index contributed by atoms with van der Waals surface area (Å²) in [6.45, 7) is 2.67. The number of nitrogens with zero attached hydrogens (tertiary/aromatic N) is 1. The minimum Gasteiger partial charge on any atom is -0.508 e. The van der Waals surface area contributed by atoms with Crippen LogP contribution in [0.4, 0.5) is 5.69 Å². The van der Waals surface area contributed by atoms with E-state index >= 15 is 0 Å². The summed E-state index contributed by atoms with van der Waals surface area (Å²) in [6, 6.07) is 21.2. The van der Waals surface area contributed by atoms with Crippen molar-refractivity contribution >= 4 is 33.6 Å². The molecule has 0 aliphatic heterocycles. The number of nitriles is 1. The standard InChI is InChI=1S/C25H21BrN2O4/c1-2-31-23-13-18(22(26)14-24(23)32-16-17-6-4-3-5-7-17)12-19(15-27)25(30)28-20-8-10-21(29)11-9-20/h3-14,29H,2,16H2,1H3,(H,28,30)/b19-12+.